The van der Waals surface area contributed by atoms with Crippen molar-refractivity contribution in [2.45, 2.75) is 62.9 Å². The lowest BCUT2D eigenvalue weighted by Gasteiger charge is -2.11. The third-order valence-corrected chi connectivity index (χ3v) is 5.52. The maximum absolute atomic E-state index is 12.2. The molecule has 22 heavy (non-hydrogen) atoms. The van der Waals surface area contributed by atoms with E-state index in [9.17, 15) is 8.42 Å². The van der Waals surface area contributed by atoms with E-state index >= 15 is 0 Å². The number of sulfonamides is 1. The van der Waals surface area contributed by atoms with E-state index < -0.39 is 10.0 Å². The topological polar surface area (TPSA) is 55.4 Å². The Morgan fingerprint density at radius 2 is 1.95 bits per heavy atom. The predicted octanol–water partition coefficient (Wildman–Crippen LogP) is 3.27. The molecule has 1 atom stereocenters. The second-order valence-electron chi connectivity index (χ2n) is 5.94. The molecule has 124 valence electrons. The van der Waals surface area contributed by atoms with Crippen LogP contribution in [0.15, 0.2) is 29.2 Å². The van der Waals surface area contributed by atoms with E-state index in [1.165, 1.54) is 24.8 Å². The molecule has 1 N–H and O–H groups in total. The minimum absolute atomic E-state index is 0.0209. The van der Waals surface area contributed by atoms with Crippen molar-refractivity contribution in [1.29, 1.82) is 0 Å². The van der Waals surface area contributed by atoms with Crippen LogP contribution in [0.2, 0.25) is 0 Å². The van der Waals surface area contributed by atoms with E-state index in [0.717, 1.165) is 32.3 Å². The summed E-state index contributed by atoms with van der Waals surface area (Å²) in [6, 6.07) is 7.25. The highest BCUT2D eigenvalue weighted by atomic mass is 32.2. The van der Waals surface area contributed by atoms with Crippen LogP contribution in [0.25, 0.3) is 0 Å². The summed E-state index contributed by atoms with van der Waals surface area (Å²) in [6.45, 7) is 3.30. The van der Waals surface area contributed by atoms with Crippen LogP contribution in [-0.2, 0) is 21.2 Å². The maximum Gasteiger partial charge on any atom is 0.240 e. The van der Waals surface area contributed by atoms with Gasteiger partial charge in [0.1, 0.15) is 0 Å². The molecule has 0 bridgehead atoms. The van der Waals surface area contributed by atoms with Crippen molar-refractivity contribution >= 4 is 10.0 Å². The summed E-state index contributed by atoms with van der Waals surface area (Å²) in [5.41, 5.74) is 1.20. The van der Waals surface area contributed by atoms with Crippen molar-refractivity contribution in [2.24, 2.45) is 0 Å². The number of unbranched alkanes of at least 4 members (excludes halogenated alkanes) is 3. The molecule has 2 rings (SSSR count). The molecule has 0 radical (unpaired) electrons. The highest BCUT2D eigenvalue weighted by Crippen LogP contribution is 2.15. The first kappa shape index (κ1) is 17.4. The van der Waals surface area contributed by atoms with Crippen molar-refractivity contribution in [1.82, 2.24) is 4.72 Å². The summed E-state index contributed by atoms with van der Waals surface area (Å²) >= 11 is 0. The third-order valence-electron chi connectivity index (χ3n) is 4.08. The van der Waals surface area contributed by atoms with Gasteiger partial charge in [-0.25, -0.2) is 13.1 Å². The van der Waals surface area contributed by atoms with Crippen LogP contribution in [0, 0.1) is 0 Å². The minimum atomic E-state index is -3.42. The molecule has 4 nitrogen and oxygen atoms in total. The second-order valence-corrected chi connectivity index (χ2v) is 7.71. The van der Waals surface area contributed by atoms with Crippen LogP contribution < -0.4 is 4.72 Å². The molecule has 0 aliphatic carbocycles. The number of rotatable bonds is 9. The molecule has 5 heteroatoms. The molecule has 1 aromatic carbocycles. The van der Waals surface area contributed by atoms with Crippen LogP contribution in [0.3, 0.4) is 0 Å². The summed E-state index contributed by atoms with van der Waals surface area (Å²) in [7, 11) is -3.42. The average molecular weight is 325 g/mol. The van der Waals surface area contributed by atoms with Crippen LogP contribution in [0.1, 0.15) is 51.0 Å². The van der Waals surface area contributed by atoms with E-state index in [0.29, 0.717) is 11.4 Å². The Balaban J connectivity index is 1.85. The van der Waals surface area contributed by atoms with E-state index in [-0.39, 0.29) is 6.10 Å². The third kappa shape index (κ3) is 5.38. The second kappa shape index (κ2) is 8.65. The van der Waals surface area contributed by atoms with Crippen molar-refractivity contribution in [3.63, 3.8) is 0 Å². The van der Waals surface area contributed by atoms with Gasteiger partial charge in [-0.2, -0.15) is 0 Å². The molecule has 1 heterocycles. The lowest BCUT2D eigenvalue weighted by Crippen LogP contribution is -2.31. The Morgan fingerprint density at radius 3 is 2.59 bits per heavy atom. The van der Waals surface area contributed by atoms with Gasteiger partial charge in [0.2, 0.25) is 10.0 Å². The average Bonchev–Trinajstić information content (AvgIpc) is 3.04. The minimum Gasteiger partial charge on any atom is -0.377 e. The maximum atomic E-state index is 12.2. The van der Waals surface area contributed by atoms with E-state index in [2.05, 4.69) is 11.6 Å². The zero-order valence-electron chi connectivity index (χ0n) is 13.4. The molecule has 0 amide bonds. The van der Waals surface area contributed by atoms with Crippen molar-refractivity contribution in [3.8, 4) is 0 Å². The van der Waals surface area contributed by atoms with Gasteiger partial charge in [0.25, 0.3) is 0 Å². The lowest BCUT2D eigenvalue weighted by atomic mass is 10.1. The van der Waals surface area contributed by atoms with Gasteiger partial charge < -0.3 is 4.74 Å². The molecule has 1 aromatic rings. The molecule has 0 aromatic heterocycles. The van der Waals surface area contributed by atoms with Crippen LogP contribution in [0.5, 0.6) is 0 Å². The Hall–Kier alpha value is -0.910. The normalized spacial score (nSPS) is 18.7. The summed E-state index contributed by atoms with van der Waals surface area (Å²) in [5.74, 6) is 0. The Bertz CT molecular complexity index is 534. The standard InChI is InChI=1S/C17H27NO3S/c1-2-3-4-5-7-15-9-11-17(12-10-15)22(19,20)18-14-16-8-6-13-21-16/h9-12,16,18H,2-8,13-14H2,1H3. The summed E-state index contributed by atoms with van der Waals surface area (Å²) < 4.78 is 32.5. The fraction of sp³-hybridized carbons (Fsp3) is 0.647. The fourth-order valence-corrected chi connectivity index (χ4v) is 3.75. The summed E-state index contributed by atoms with van der Waals surface area (Å²) in [5, 5.41) is 0. The molecule has 0 saturated carbocycles. The van der Waals surface area contributed by atoms with Gasteiger partial charge in [-0.3, -0.25) is 0 Å². The first-order valence-electron chi connectivity index (χ1n) is 8.32. The molecule has 1 saturated heterocycles. The highest BCUT2D eigenvalue weighted by Gasteiger charge is 2.20. The van der Waals surface area contributed by atoms with Crippen LogP contribution in [0.4, 0.5) is 0 Å². The monoisotopic (exact) mass is 325 g/mol. The van der Waals surface area contributed by atoms with Crippen LogP contribution in [-0.4, -0.2) is 27.7 Å². The van der Waals surface area contributed by atoms with Crippen molar-refractivity contribution in [3.05, 3.63) is 29.8 Å². The Morgan fingerprint density at radius 1 is 1.18 bits per heavy atom. The SMILES string of the molecule is CCCCCCc1ccc(S(=O)(=O)NCC2CCCO2)cc1. The Labute approximate surface area is 134 Å². The van der Waals surface area contributed by atoms with Crippen molar-refractivity contribution in [2.75, 3.05) is 13.2 Å². The number of nitrogens with one attached hydrogen (secondary N) is 1. The zero-order chi connectivity index (χ0) is 15.8. The summed E-state index contributed by atoms with van der Waals surface area (Å²) in [6.07, 6.45) is 7.87. The van der Waals surface area contributed by atoms with Gasteiger partial charge in [0, 0.05) is 13.2 Å². The molecule has 1 aliphatic rings. The Kier molecular flexibility index (Phi) is 6.86. The van der Waals surface area contributed by atoms with Crippen molar-refractivity contribution < 1.29 is 13.2 Å². The van der Waals surface area contributed by atoms with Gasteiger partial charge in [-0.15, -0.1) is 0 Å². The van der Waals surface area contributed by atoms with Gasteiger partial charge >= 0.3 is 0 Å². The van der Waals surface area contributed by atoms with E-state index in [1.807, 2.05) is 12.1 Å². The largest absolute Gasteiger partial charge is 0.377 e. The predicted molar refractivity (Wildman–Crippen MR) is 88.5 cm³/mol. The molecule has 1 aliphatic heterocycles. The number of benzene rings is 1. The van der Waals surface area contributed by atoms with Gasteiger partial charge in [0.15, 0.2) is 0 Å². The smallest absolute Gasteiger partial charge is 0.240 e. The van der Waals surface area contributed by atoms with E-state index in [4.69, 9.17) is 4.74 Å². The molecule has 1 unspecified atom stereocenters. The zero-order valence-corrected chi connectivity index (χ0v) is 14.2. The van der Waals surface area contributed by atoms with Gasteiger partial charge in [0.05, 0.1) is 11.0 Å². The molecular formula is C17H27NO3S. The summed E-state index contributed by atoms with van der Waals surface area (Å²) in [4.78, 5) is 0.336. The number of aryl methyl sites for hydroxylation is 1. The lowest BCUT2D eigenvalue weighted by molar-refractivity contribution is 0.114. The fourth-order valence-electron chi connectivity index (χ4n) is 2.68. The quantitative estimate of drug-likeness (QED) is 0.709. The number of hydrogen-bond donors (Lipinski definition) is 1. The van der Waals surface area contributed by atoms with Gasteiger partial charge in [-0.1, -0.05) is 38.3 Å². The van der Waals surface area contributed by atoms with Crippen LogP contribution >= 0.6 is 0 Å². The molecule has 0 spiro atoms. The van der Waals surface area contributed by atoms with Gasteiger partial charge in [-0.05, 0) is 43.4 Å². The number of ether oxygens (including phenoxy) is 1. The number of hydrogen-bond acceptors (Lipinski definition) is 3. The molecule has 1 fully saturated rings. The van der Waals surface area contributed by atoms with E-state index in [1.54, 1.807) is 12.1 Å². The first-order valence-corrected chi connectivity index (χ1v) is 9.80. The first-order chi connectivity index (χ1) is 10.6. The highest BCUT2D eigenvalue weighted by molar-refractivity contribution is 7.89. The molecular weight excluding hydrogens is 298 g/mol.